The molecule has 0 spiro atoms. The number of likely N-dealkylation sites (tertiary alicyclic amines) is 1. The standard InChI is InChI=1S/C17H23N3O2S/c1-11(2)7-14-8-15(22-19-14)17(21)20-6-4-5-13(10-20)16-18-9-12(3)23-16/h8-9,11,13H,4-7,10H2,1-3H3/t13-/m1/s1. The Bertz CT molecular complexity index is 677. The second-order valence-electron chi connectivity index (χ2n) is 6.68. The Morgan fingerprint density at radius 3 is 3.04 bits per heavy atom. The number of piperidine rings is 1. The first-order valence-electron chi connectivity index (χ1n) is 8.20. The molecule has 0 saturated carbocycles. The van der Waals surface area contributed by atoms with E-state index in [9.17, 15) is 4.79 Å². The normalized spacial score (nSPS) is 18.6. The molecule has 23 heavy (non-hydrogen) atoms. The molecule has 6 heteroatoms. The van der Waals surface area contributed by atoms with Crippen LogP contribution in [0.25, 0.3) is 0 Å². The van der Waals surface area contributed by atoms with Crippen molar-refractivity contribution in [2.75, 3.05) is 13.1 Å². The summed E-state index contributed by atoms with van der Waals surface area (Å²) in [4.78, 5) is 20.2. The van der Waals surface area contributed by atoms with Crippen molar-refractivity contribution in [2.45, 2.75) is 46.0 Å². The highest BCUT2D eigenvalue weighted by atomic mass is 32.1. The van der Waals surface area contributed by atoms with Crippen LogP contribution in [-0.4, -0.2) is 34.0 Å². The van der Waals surface area contributed by atoms with E-state index in [0.717, 1.165) is 36.5 Å². The molecule has 1 aliphatic rings. The Labute approximate surface area is 140 Å². The zero-order chi connectivity index (χ0) is 16.4. The molecular weight excluding hydrogens is 310 g/mol. The van der Waals surface area contributed by atoms with E-state index in [1.165, 1.54) is 4.88 Å². The van der Waals surface area contributed by atoms with Crippen molar-refractivity contribution >= 4 is 17.2 Å². The van der Waals surface area contributed by atoms with Crippen LogP contribution in [0.1, 0.15) is 58.7 Å². The molecule has 5 nitrogen and oxygen atoms in total. The molecule has 124 valence electrons. The van der Waals surface area contributed by atoms with Crippen LogP contribution in [0.2, 0.25) is 0 Å². The number of amides is 1. The van der Waals surface area contributed by atoms with Crippen molar-refractivity contribution in [3.05, 3.63) is 33.6 Å². The van der Waals surface area contributed by atoms with E-state index in [1.807, 2.05) is 11.1 Å². The fraction of sp³-hybridized carbons (Fsp3) is 0.588. The molecule has 2 aromatic rings. The van der Waals surface area contributed by atoms with Gasteiger partial charge in [0, 0.05) is 36.1 Å². The molecule has 0 unspecified atom stereocenters. The summed E-state index contributed by atoms with van der Waals surface area (Å²) in [5.41, 5.74) is 0.854. The molecule has 0 N–H and O–H groups in total. The first kappa shape index (κ1) is 16.2. The monoisotopic (exact) mass is 333 g/mol. The number of nitrogens with zero attached hydrogens (tertiary/aromatic N) is 3. The predicted octanol–water partition coefficient (Wildman–Crippen LogP) is 3.66. The number of carbonyl (C=O) groups excluding carboxylic acids is 1. The number of aromatic nitrogens is 2. The van der Waals surface area contributed by atoms with Crippen LogP contribution < -0.4 is 0 Å². The van der Waals surface area contributed by atoms with Gasteiger partial charge in [0.1, 0.15) is 0 Å². The summed E-state index contributed by atoms with van der Waals surface area (Å²) in [7, 11) is 0. The van der Waals surface area contributed by atoms with E-state index >= 15 is 0 Å². The molecule has 1 aliphatic heterocycles. The molecule has 0 aliphatic carbocycles. The maximum absolute atomic E-state index is 12.7. The molecule has 0 aromatic carbocycles. The van der Waals surface area contributed by atoms with Crippen molar-refractivity contribution in [2.24, 2.45) is 5.92 Å². The summed E-state index contributed by atoms with van der Waals surface area (Å²) in [6.07, 6.45) is 4.83. The van der Waals surface area contributed by atoms with Crippen LogP contribution in [0.3, 0.4) is 0 Å². The Hall–Kier alpha value is -1.69. The quantitative estimate of drug-likeness (QED) is 0.857. The third kappa shape index (κ3) is 3.80. The number of aryl methyl sites for hydroxylation is 1. The topological polar surface area (TPSA) is 59.2 Å². The lowest BCUT2D eigenvalue weighted by Gasteiger charge is -2.31. The summed E-state index contributed by atoms with van der Waals surface area (Å²) in [5, 5.41) is 5.16. The molecule has 3 rings (SSSR count). The van der Waals surface area contributed by atoms with Gasteiger partial charge in [0.15, 0.2) is 0 Å². The van der Waals surface area contributed by atoms with E-state index in [2.05, 4.69) is 30.9 Å². The summed E-state index contributed by atoms with van der Waals surface area (Å²) < 4.78 is 5.27. The zero-order valence-corrected chi connectivity index (χ0v) is 14.7. The van der Waals surface area contributed by atoms with Gasteiger partial charge in [-0.2, -0.15) is 0 Å². The maximum atomic E-state index is 12.7. The molecule has 1 fully saturated rings. The second-order valence-corrected chi connectivity index (χ2v) is 7.95. The van der Waals surface area contributed by atoms with Crippen molar-refractivity contribution in [1.29, 1.82) is 0 Å². The predicted molar refractivity (Wildman–Crippen MR) is 89.8 cm³/mol. The lowest BCUT2D eigenvalue weighted by atomic mass is 9.98. The lowest BCUT2D eigenvalue weighted by Crippen LogP contribution is -2.38. The van der Waals surface area contributed by atoms with E-state index in [0.29, 0.717) is 24.1 Å². The largest absolute Gasteiger partial charge is 0.351 e. The molecular formula is C17H23N3O2S. The van der Waals surface area contributed by atoms with Gasteiger partial charge in [-0.05, 0) is 32.1 Å². The van der Waals surface area contributed by atoms with Crippen LogP contribution in [0.4, 0.5) is 0 Å². The van der Waals surface area contributed by atoms with Gasteiger partial charge >= 0.3 is 0 Å². The number of carbonyl (C=O) groups is 1. The Balaban J connectivity index is 1.68. The summed E-state index contributed by atoms with van der Waals surface area (Å²) in [6, 6.07) is 1.79. The molecule has 1 amide bonds. The molecule has 3 heterocycles. The molecule has 1 saturated heterocycles. The van der Waals surface area contributed by atoms with Crippen LogP contribution in [0.15, 0.2) is 16.8 Å². The summed E-state index contributed by atoms with van der Waals surface area (Å²) in [6.45, 7) is 7.81. The van der Waals surface area contributed by atoms with Crippen molar-refractivity contribution in [3.8, 4) is 0 Å². The summed E-state index contributed by atoms with van der Waals surface area (Å²) in [5.74, 6) is 1.14. The molecule has 1 atom stereocenters. The summed E-state index contributed by atoms with van der Waals surface area (Å²) >= 11 is 1.73. The molecule has 0 radical (unpaired) electrons. The van der Waals surface area contributed by atoms with Gasteiger partial charge in [0.25, 0.3) is 5.91 Å². The first-order chi connectivity index (χ1) is 11.0. The number of hydrogen-bond donors (Lipinski definition) is 0. The second kappa shape index (κ2) is 6.83. The van der Waals surface area contributed by atoms with Gasteiger partial charge in [0.05, 0.1) is 10.7 Å². The van der Waals surface area contributed by atoms with E-state index in [4.69, 9.17) is 4.52 Å². The van der Waals surface area contributed by atoms with Crippen LogP contribution in [-0.2, 0) is 6.42 Å². The smallest absolute Gasteiger partial charge is 0.292 e. The minimum Gasteiger partial charge on any atom is -0.351 e. The van der Waals surface area contributed by atoms with Crippen molar-refractivity contribution < 1.29 is 9.32 Å². The van der Waals surface area contributed by atoms with Crippen molar-refractivity contribution in [1.82, 2.24) is 15.0 Å². The SMILES string of the molecule is Cc1cnc([C@@H]2CCCN(C(=O)c3cc(CC(C)C)no3)C2)s1. The van der Waals surface area contributed by atoms with Gasteiger partial charge in [-0.3, -0.25) is 4.79 Å². The molecule has 2 aromatic heterocycles. The van der Waals surface area contributed by atoms with Crippen LogP contribution in [0, 0.1) is 12.8 Å². The van der Waals surface area contributed by atoms with Gasteiger partial charge in [-0.25, -0.2) is 4.98 Å². The third-order valence-electron chi connectivity index (χ3n) is 4.08. The zero-order valence-electron chi connectivity index (χ0n) is 13.9. The minimum absolute atomic E-state index is 0.0505. The number of rotatable bonds is 4. The molecule has 0 bridgehead atoms. The third-order valence-corrected chi connectivity index (χ3v) is 5.16. The van der Waals surface area contributed by atoms with E-state index in [1.54, 1.807) is 17.4 Å². The average molecular weight is 333 g/mol. The van der Waals surface area contributed by atoms with Gasteiger partial charge in [0.2, 0.25) is 5.76 Å². The fourth-order valence-corrected chi connectivity index (χ4v) is 3.91. The Morgan fingerprint density at radius 1 is 1.52 bits per heavy atom. The van der Waals surface area contributed by atoms with Gasteiger partial charge in [-0.15, -0.1) is 11.3 Å². The average Bonchev–Trinajstić information content (AvgIpc) is 3.15. The fourth-order valence-electron chi connectivity index (χ4n) is 3.01. The highest BCUT2D eigenvalue weighted by molar-refractivity contribution is 7.11. The van der Waals surface area contributed by atoms with Crippen LogP contribution >= 0.6 is 11.3 Å². The minimum atomic E-state index is -0.0505. The van der Waals surface area contributed by atoms with E-state index < -0.39 is 0 Å². The number of hydrogen-bond acceptors (Lipinski definition) is 5. The Kier molecular flexibility index (Phi) is 4.80. The van der Waals surface area contributed by atoms with E-state index in [-0.39, 0.29) is 5.91 Å². The van der Waals surface area contributed by atoms with Crippen molar-refractivity contribution in [3.63, 3.8) is 0 Å². The van der Waals surface area contributed by atoms with Gasteiger partial charge in [-0.1, -0.05) is 19.0 Å². The first-order valence-corrected chi connectivity index (χ1v) is 9.01. The maximum Gasteiger partial charge on any atom is 0.292 e. The van der Waals surface area contributed by atoms with Gasteiger partial charge < -0.3 is 9.42 Å². The highest BCUT2D eigenvalue weighted by Crippen LogP contribution is 2.30. The number of thiazole rings is 1. The van der Waals surface area contributed by atoms with Crippen LogP contribution in [0.5, 0.6) is 0 Å². The Morgan fingerprint density at radius 2 is 2.35 bits per heavy atom. The highest BCUT2D eigenvalue weighted by Gasteiger charge is 2.29. The lowest BCUT2D eigenvalue weighted by molar-refractivity contribution is 0.0665.